The van der Waals surface area contributed by atoms with Gasteiger partial charge in [-0.1, -0.05) is 17.7 Å². The van der Waals surface area contributed by atoms with E-state index in [4.69, 9.17) is 23.1 Å². The second-order valence-corrected chi connectivity index (χ2v) is 4.74. The number of benzene rings is 2. The van der Waals surface area contributed by atoms with Crippen LogP contribution in [0.15, 0.2) is 36.4 Å². The molecule has 2 aromatic rings. The molecular formula is C14H14ClN3O. The van der Waals surface area contributed by atoms with Crippen molar-refractivity contribution in [2.45, 2.75) is 6.92 Å². The monoisotopic (exact) mass is 275 g/mol. The zero-order valence-electron chi connectivity index (χ0n) is 10.4. The molecule has 98 valence electrons. The molecule has 0 heterocycles. The molecule has 0 aliphatic heterocycles. The van der Waals surface area contributed by atoms with Gasteiger partial charge in [0.05, 0.1) is 0 Å². The summed E-state index contributed by atoms with van der Waals surface area (Å²) in [7, 11) is 0. The van der Waals surface area contributed by atoms with Gasteiger partial charge in [0.15, 0.2) is 0 Å². The van der Waals surface area contributed by atoms with Crippen LogP contribution < -0.4 is 16.8 Å². The van der Waals surface area contributed by atoms with Crippen LogP contribution in [0.5, 0.6) is 0 Å². The first-order valence-electron chi connectivity index (χ1n) is 5.69. The number of amides is 1. The zero-order chi connectivity index (χ0) is 14.0. The standard InChI is InChI=1S/C14H14ClN3O/c1-8-2-3-10(15)6-13(8)18-14(19)9-4-11(16)7-12(17)5-9/h2-7H,16-17H2,1H3,(H,18,19). The highest BCUT2D eigenvalue weighted by Gasteiger charge is 2.09. The van der Waals surface area contributed by atoms with Crippen LogP contribution in [-0.4, -0.2) is 5.91 Å². The number of nitrogens with one attached hydrogen (secondary N) is 1. The number of anilines is 3. The van der Waals surface area contributed by atoms with E-state index in [0.717, 1.165) is 5.56 Å². The van der Waals surface area contributed by atoms with Crippen molar-refractivity contribution in [1.29, 1.82) is 0 Å². The van der Waals surface area contributed by atoms with Gasteiger partial charge in [0.2, 0.25) is 0 Å². The molecular weight excluding hydrogens is 262 g/mol. The maximum Gasteiger partial charge on any atom is 0.255 e. The molecule has 0 saturated heterocycles. The van der Waals surface area contributed by atoms with Gasteiger partial charge in [0.1, 0.15) is 0 Å². The summed E-state index contributed by atoms with van der Waals surface area (Å²) in [4.78, 5) is 12.1. The SMILES string of the molecule is Cc1ccc(Cl)cc1NC(=O)c1cc(N)cc(N)c1. The maximum absolute atomic E-state index is 12.1. The Labute approximate surface area is 116 Å². The number of aryl methyl sites for hydroxylation is 1. The molecule has 0 spiro atoms. The van der Waals surface area contributed by atoms with E-state index in [2.05, 4.69) is 5.32 Å². The van der Waals surface area contributed by atoms with Crippen LogP contribution >= 0.6 is 11.6 Å². The van der Waals surface area contributed by atoms with E-state index < -0.39 is 0 Å². The normalized spacial score (nSPS) is 10.2. The number of hydrogen-bond acceptors (Lipinski definition) is 3. The molecule has 0 aliphatic carbocycles. The number of hydrogen-bond donors (Lipinski definition) is 3. The van der Waals surface area contributed by atoms with E-state index in [0.29, 0.717) is 27.6 Å². The van der Waals surface area contributed by atoms with E-state index in [9.17, 15) is 4.79 Å². The number of nitrogens with two attached hydrogens (primary N) is 2. The summed E-state index contributed by atoms with van der Waals surface area (Å²) in [6, 6.07) is 10.1. The first kappa shape index (κ1) is 13.2. The summed E-state index contributed by atoms with van der Waals surface area (Å²) in [5.41, 5.74) is 14.2. The van der Waals surface area contributed by atoms with Gasteiger partial charge in [0, 0.05) is 27.6 Å². The Bertz CT molecular complexity index is 620. The van der Waals surface area contributed by atoms with Crippen molar-refractivity contribution in [1.82, 2.24) is 0 Å². The highest BCUT2D eigenvalue weighted by atomic mass is 35.5. The molecule has 0 aromatic heterocycles. The van der Waals surface area contributed by atoms with Crippen LogP contribution in [0.25, 0.3) is 0 Å². The summed E-state index contributed by atoms with van der Waals surface area (Å²) in [6.07, 6.45) is 0. The third kappa shape index (κ3) is 3.17. The van der Waals surface area contributed by atoms with Crippen LogP contribution in [0.2, 0.25) is 5.02 Å². The number of carbonyl (C=O) groups excluding carboxylic acids is 1. The molecule has 0 unspecified atom stereocenters. The Hall–Kier alpha value is -2.20. The molecule has 2 aromatic carbocycles. The van der Waals surface area contributed by atoms with Crippen molar-refractivity contribution in [3.8, 4) is 0 Å². The lowest BCUT2D eigenvalue weighted by atomic mass is 10.1. The van der Waals surface area contributed by atoms with Crippen LogP contribution in [0.3, 0.4) is 0 Å². The highest BCUT2D eigenvalue weighted by Crippen LogP contribution is 2.21. The van der Waals surface area contributed by atoms with E-state index in [-0.39, 0.29) is 5.91 Å². The summed E-state index contributed by atoms with van der Waals surface area (Å²) in [6.45, 7) is 1.89. The topological polar surface area (TPSA) is 81.1 Å². The second kappa shape index (κ2) is 5.20. The maximum atomic E-state index is 12.1. The van der Waals surface area contributed by atoms with E-state index >= 15 is 0 Å². The summed E-state index contributed by atoms with van der Waals surface area (Å²) >= 11 is 5.91. The molecule has 4 nitrogen and oxygen atoms in total. The van der Waals surface area contributed by atoms with Crippen molar-refractivity contribution in [3.63, 3.8) is 0 Å². The predicted octanol–water partition coefficient (Wildman–Crippen LogP) is 3.07. The third-order valence-corrected chi connectivity index (χ3v) is 2.92. The highest BCUT2D eigenvalue weighted by molar-refractivity contribution is 6.31. The smallest absolute Gasteiger partial charge is 0.255 e. The van der Waals surface area contributed by atoms with Gasteiger partial charge in [-0.05, 0) is 42.8 Å². The lowest BCUT2D eigenvalue weighted by Crippen LogP contribution is -2.13. The van der Waals surface area contributed by atoms with Crippen molar-refractivity contribution < 1.29 is 4.79 Å². The van der Waals surface area contributed by atoms with Gasteiger partial charge in [-0.3, -0.25) is 4.79 Å². The lowest BCUT2D eigenvalue weighted by molar-refractivity contribution is 0.102. The first-order chi connectivity index (χ1) is 8.95. The summed E-state index contributed by atoms with van der Waals surface area (Å²) in [5.74, 6) is -0.274. The van der Waals surface area contributed by atoms with Crippen molar-refractivity contribution in [2.24, 2.45) is 0 Å². The van der Waals surface area contributed by atoms with Crippen LogP contribution in [0.1, 0.15) is 15.9 Å². The predicted molar refractivity (Wildman–Crippen MR) is 79.4 cm³/mol. The Balaban J connectivity index is 2.28. The van der Waals surface area contributed by atoms with Gasteiger partial charge in [0.25, 0.3) is 5.91 Å². The number of nitrogen functional groups attached to an aromatic ring is 2. The zero-order valence-corrected chi connectivity index (χ0v) is 11.2. The minimum Gasteiger partial charge on any atom is -0.399 e. The van der Waals surface area contributed by atoms with E-state index in [1.54, 1.807) is 30.3 Å². The Morgan fingerprint density at radius 3 is 2.37 bits per heavy atom. The Morgan fingerprint density at radius 1 is 1.11 bits per heavy atom. The number of rotatable bonds is 2. The van der Waals surface area contributed by atoms with E-state index in [1.807, 2.05) is 13.0 Å². The summed E-state index contributed by atoms with van der Waals surface area (Å²) < 4.78 is 0. The molecule has 1 amide bonds. The van der Waals surface area contributed by atoms with Gasteiger partial charge < -0.3 is 16.8 Å². The quantitative estimate of drug-likeness (QED) is 0.737. The minimum atomic E-state index is -0.274. The van der Waals surface area contributed by atoms with Crippen LogP contribution in [0.4, 0.5) is 17.1 Å². The number of carbonyl (C=O) groups is 1. The van der Waals surface area contributed by atoms with Crippen LogP contribution in [0, 0.1) is 6.92 Å². The molecule has 0 aliphatic rings. The van der Waals surface area contributed by atoms with Gasteiger partial charge in [-0.25, -0.2) is 0 Å². The molecule has 0 atom stereocenters. The third-order valence-electron chi connectivity index (χ3n) is 2.69. The van der Waals surface area contributed by atoms with Crippen molar-refractivity contribution in [2.75, 3.05) is 16.8 Å². The second-order valence-electron chi connectivity index (χ2n) is 4.30. The molecule has 5 heteroatoms. The fraction of sp³-hybridized carbons (Fsp3) is 0.0714. The molecule has 5 N–H and O–H groups in total. The lowest BCUT2D eigenvalue weighted by Gasteiger charge is -2.09. The average molecular weight is 276 g/mol. The average Bonchev–Trinajstić information content (AvgIpc) is 2.32. The van der Waals surface area contributed by atoms with Crippen LogP contribution in [-0.2, 0) is 0 Å². The molecule has 2 rings (SSSR count). The van der Waals surface area contributed by atoms with Gasteiger partial charge in [-0.15, -0.1) is 0 Å². The van der Waals surface area contributed by atoms with Gasteiger partial charge in [-0.2, -0.15) is 0 Å². The minimum absolute atomic E-state index is 0.274. The molecule has 0 fully saturated rings. The fourth-order valence-corrected chi connectivity index (χ4v) is 1.90. The molecule has 0 radical (unpaired) electrons. The largest absolute Gasteiger partial charge is 0.399 e. The molecule has 0 bridgehead atoms. The van der Waals surface area contributed by atoms with Crippen molar-refractivity contribution in [3.05, 3.63) is 52.5 Å². The summed E-state index contributed by atoms with van der Waals surface area (Å²) in [5, 5.41) is 3.35. The Morgan fingerprint density at radius 2 is 1.74 bits per heavy atom. The number of halogens is 1. The molecule has 0 saturated carbocycles. The molecule has 19 heavy (non-hydrogen) atoms. The Kier molecular flexibility index (Phi) is 3.62. The fourth-order valence-electron chi connectivity index (χ4n) is 1.73. The van der Waals surface area contributed by atoms with Crippen molar-refractivity contribution >= 4 is 34.6 Å². The van der Waals surface area contributed by atoms with E-state index in [1.165, 1.54) is 0 Å². The first-order valence-corrected chi connectivity index (χ1v) is 6.07. The van der Waals surface area contributed by atoms with Gasteiger partial charge >= 0.3 is 0 Å².